The Morgan fingerprint density at radius 3 is 0.982 bits per heavy atom. The Hall–Kier alpha value is -3.89. The van der Waals surface area contributed by atoms with Gasteiger partial charge in [0.15, 0.2) is 6.39 Å². The van der Waals surface area contributed by atoms with E-state index in [1.54, 1.807) is 84.0 Å². The summed E-state index contributed by atoms with van der Waals surface area (Å²) in [5.74, 6) is 0. The molecule has 0 atom stereocenters. The van der Waals surface area contributed by atoms with E-state index < -0.39 is 0 Å². The third kappa shape index (κ3) is 158. The van der Waals surface area contributed by atoms with Gasteiger partial charge in [-0.3, -0.25) is 9.97 Å². The van der Waals surface area contributed by atoms with E-state index in [-0.39, 0.29) is 0 Å². The Kier molecular flexibility index (Phi) is 251. The van der Waals surface area contributed by atoms with Crippen LogP contribution in [0.4, 0.5) is 0 Å². The number of nitrogens with zero attached hydrogens (tertiary/aromatic N) is 5. The van der Waals surface area contributed by atoms with Crippen molar-refractivity contribution in [2.75, 3.05) is 0 Å². The predicted octanol–water partition coefficient (Wildman–Crippen LogP) is 18.0. The Morgan fingerprint density at radius 2 is 0.873 bits per heavy atom. The van der Waals surface area contributed by atoms with Gasteiger partial charge in [-0.1, -0.05) is 190 Å². The van der Waals surface area contributed by atoms with E-state index in [1.807, 2.05) is 213 Å². The number of hydrogen-bond donors (Lipinski definition) is 1. The van der Waals surface area contributed by atoms with Crippen LogP contribution in [0.5, 0.6) is 0 Å². The summed E-state index contributed by atoms with van der Waals surface area (Å²) < 4.78 is 8.81. The van der Waals surface area contributed by atoms with E-state index in [1.165, 1.54) is 18.9 Å². The summed E-state index contributed by atoms with van der Waals surface area (Å²) in [5.41, 5.74) is 1.79. The predicted molar refractivity (Wildman–Crippen MR) is 258 cm³/mol. The molecule has 0 aliphatic heterocycles. The van der Waals surface area contributed by atoms with Gasteiger partial charge in [-0.25, -0.2) is 9.97 Å². The second-order valence-electron chi connectivity index (χ2n) is 4.62. The minimum absolute atomic E-state index is 1.38. The first-order chi connectivity index (χ1) is 27.5. The topological polar surface area (TPSA) is 107 Å². The van der Waals surface area contributed by atoms with Crippen LogP contribution in [0.3, 0.4) is 0 Å². The lowest BCUT2D eigenvalue weighted by molar-refractivity contribution is 0.420. The third-order valence-electron chi connectivity index (χ3n) is 2.44. The fraction of sp³-hybridized carbons (Fsp3) is 0.533. The number of aromatic nitrogens is 6. The van der Waals surface area contributed by atoms with Crippen molar-refractivity contribution in [1.82, 2.24) is 30.1 Å². The molecule has 328 valence electrons. The highest BCUT2D eigenvalue weighted by Gasteiger charge is 1.61. The highest BCUT2D eigenvalue weighted by molar-refractivity contribution is 7.07. The minimum atomic E-state index is 1.38. The van der Waals surface area contributed by atoms with E-state index in [9.17, 15) is 0 Å². The van der Waals surface area contributed by atoms with Gasteiger partial charge >= 0.3 is 0 Å². The van der Waals surface area contributed by atoms with Gasteiger partial charge in [0.25, 0.3) is 0 Å². The Morgan fingerprint density at radius 1 is 0.382 bits per heavy atom. The number of thiazole rings is 1. The maximum Gasteiger partial charge on any atom is 0.180 e. The minimum Gasteiger partial charge on any atom is -0.452 e. The second-order valence-corrected chi connectivity index (χ2v) is 6.19. The third-order valence-corrected chi connectivity index (χ3v) is 3.59. The molecule has 0 aromatic carbocycles. The molecule has 0 radical (unpaired) electrons. The summed E-state index contributed by atoms with van der Waals surface area (Å²) in [5, 5.41) is 9.36. The highest BCUT2D eigenvalue weighted by atomic mass is 32.1. The number of rotatable bonds is 0. The maximum atomic E-state index is 4.47. The molecular weight excluding hydrogens is 721 g/mol. The highest BCUT2D eigenvalue weighted by Crippen LogP contribution is 1.91. The summed E-state index contributed by atoms with van der Waals surface area (Å²) in [4.78, 5) is 17.5. The molecule has 6 aromatic heterocycles. The quantitative estimate of drug-likeness (QED) is 0.163. The summed E-state index contributed by atoms with van der Waals surface area (Å²) in [6.45, 7) is 48.0. The first-order valence-electron chi connectivity index (χ1n) is 20.7. The lowest BCUT2D eigenvalue weighted by atomic mass is 10.5. The molecule has 0 spiro atoms. The molecular formula is C45H94N6O2S2. The summed E-state index contributed by atoms with van der Waals surface area (Å²) >= 11 is 3.31. The molecule has 0 saturated carbocycles. The smallest absolute Gasteiger partial charge is 0.180 e. The average molecular weight is 815 g/mol. The Bertz CT molecular complexity index is 674. The Balaban J connectivity index is -0.0000000365. The molecule has 10 heteroatoms. The fourth-order valence-corrected chi connectivity index (χ4v) is 2.09. The molecule has 0 amide bonds. The maximum absolute atomic E-state index is 4.47. The molecule has 6 rings (SSSR count). The van der Waals surface area contributed by atoms with E-state index in [0.29, 0.717) is 0 Å². The van der Waals surface area contributed by atoms with Gasteiger partial charge in [0.2, 0.25) is 0 Å². The summed E-state index contributed by atoms with van der Waals surface area (Å²) in [7, 11) is 0. The van der Waals surface area contributed by atoms with Crippen LogP contribution in [0.15, 0.2) is 136 Å². The molecule has 6 aromatic rings. The molecule has 0 unspecified atom stereocenters. The van der Waals surface area contributed by atoms with Crippen molar-refractivity contribution in [2.45, 2.75) is 166 Å². The monoisotopic (exact) mass is 815 g/mol. The zero-order valence-corrected chi connectivity index (χ0v) is 42.1. The van der Waals surface area contributed by atoms with Crippen molar-refractivity contribution in [2.24, 2.45) is 0 Å². The molecule has 1 N–H and O–H groups in total. The zero-order valence-electron chi connectivity index (χ0n) is 40.5. The standard InChI is InChI=1S/C5H5N.C4H4S.C3H4N2.2C3H3NO.C3H3NS.12C2H6/c1-2-4-6-5-3-1;1-2-4-5-3-1;2*1-2-5-3-4-1;1-2-4-5-3-1;1-2-5-3-4-1;12*1-2/h1-5H;1-4H;1-3H,(H,4,5);3*1-3H;12*1-2H3. The lowest BCUT2D eigenvalue weighted by Crippen LogP contribution is -1.58. The SMILES string of the molecule is CC.CC.CC.CC.CC.CC.CC.CC.CC.CC.CC.CC.c1c[nH]cn1.c1ccncc1.c1ccsc1.c1cnoc1.c1cocn1.c1cscn1. The van der Waals surface area contributed by atoms with Crippen LogP contribution in [0.1, 0.15) is 166 Å². The summed E-state index contributed by atoms with van der Waals surface area (Å²) in [6, 6.07) is 11.5. The van der Waals surface area contributed by atoms with E-state index >= 15 is 0 Å². The molecule has 8 nitrogen and oxygen atoms in total. The number of thiophene rings is 1. The lowest BCUT2D eigenvalue weighted by Gasteiger charge is -1.70. The molecule has 0 aliphatic rings. The number of pyridine rings is 1. The first-order valence-corrected chi connectivity index (χ1v) is 22.6. The first kappa shape index (κ1) is 83.9. The Labute approximate surface area is 353 Å². The molecule has 0 bridgehead atoms. The van der Waals surface area contributed by atoms with E-state index in [0.717, 1.165) is 0 Å². The van der Waals surface area contributed by atoms with Gasteiger partial charge in [0, 0.05) is 36.4 Å². The van der Waals surface area contributed by atoms with Crippen molar-refractivity contribution >= 4 is 22.7 Å². The zero-order chi connectivity index (χ0) is 45.9. The van der Waals surface area contributed by atoms with Crippen LogP contribution in [-0.4, -0.2) is 30.1 Å². The molecule has 0 fully saturated rings. The van der Waals surface area contributed by atoms with Gasteiger partial charge in [-0.2, -0.15) is 11.3 Å². The number of hydrogen-bond acceptors (Lipinski definition) is 9. The van der Waals surface area contributed by atoms with Crippen LogP contribution in [-0.2, 0) is 0 Å². The number of oxazole rings is 1. The van der Waals surface area contributed by atoms with Crippen molar-refractivity contribution < 1.29 is 8.94 Å². The van der Waals surface area contributed by atoms with Gasteiger partial charge in [0.1, 0.15) is 12.5 Å². The van der Waals surface area contributed by atoms with Gasteiger partial charge in [-0.05, 0) is 29.0 Å². The van der Waals surface area contributed by atoms with Gasteiger partial charge in [0.05, 0.1) is 24.2 Å². The summed E-state index contributed by atoms with van der Waals surface area (Å²) in [6.07, 6.45) is 17.9. The average Bonchev–Trinajstić information content (AvgIpc) is 4.21. The van der Waals surface area contributed by atoms with E-state index in [4.69, 9.17) is 0 Å². The number of aromatic amines is 1. The van der Waals surface area contributed by atoms with Crippen LogP contribution in [0.25, 0.3) is 0 Å². The van der Waals surface area contributed by atoms with Crippen molar-refractivity contribution in [1.29, 1.82) is 0 Å². The molecule has 0 saturated heterocycles. The second kappa shape index (κ2) is 164. The van der Waals surface area contributed by atoms with Crippen molar-refractivity contribution in [3.63, 3.8) is 0 Å². The van der Waals surface area contributed by atoms with Crippen LogP contribution < -0.4 is 0 Å². The molecule has 0 aliphatic carbocycles. The normalized spacial score (nSPS) is 5.82. The van der Waals surface area contributed by atoms with Gasteiger partial charge in [-0.15, -0.1) is 11.3 Å². The number of H-pyrrole nitrogens is 1. The largest absolute Gasteiger partial charge is 0.452 e. The number of nitrogens with one attached hydrogen (secondary N) is 1. The van der Waals surface area contributed by atoms with Crippen molar-refractivity contribution in [3.05, 3.63) is 127 Å². The van der Waals surface area contributed by atoms with Gasteiger partial charge < -0.3 is 13.9 Å². The molecule has 6 heterocycles. The van der Waals surface area contributed by atoms with Crippen LogP contribution in [0, 0.1) is 0 Å². The molecule has 55 heavy (non-hydrogen) atoms. The van der Waals surface area contributed by atoms with Crippen LogP contribution in [0.2, 0.25) is 0 Å². The number of imidazole rings is 1. The van der Waals surface area contributed by atoms with Crippen LogP contribution >= 0.6 is 22.7 Å². The fourth-order valence-electron chi connectivity index (χ4n) is 1.28. The van der Waals surface area contributed by atoms with E-state index in [2.05, 4.69) is 39.0 Å². The van der Waals surface area contributed by atoms with Crippen molar-refractivity contribution in [3.8, 4) is 0 Å².